The highest BCUT2D eigenvalue weighted by Gasteiger charge is 2.14. The van der Waals surface area contributed by atoms with E-state index in [1.165, 1.54) is 18.5 Å². The molecule has 78 valence electrons. The molecule has 1 aliphatic heterocycles. The van der Waals surface area contributed by atoms with Crippen LogP contribution in [0.4, 0.5) is 0 Å². The maximum absolute atomic E-state index is 3.38. The van der Waals surface area contributed by atoms with Gasteiger partial charge in [0.15, 0.2) is 0 Å². The predicted octanol–water partition coefficient (Wildman–Crippen LogP) is 1.76. The molecule has 14 heavy (non-hydrogen) atoms. The number of allylic oxidation sites excluding steroid dienone is 3. The second-order valence-corrected chi connectivity index (χ2v) is 4.13. The van der Waals surface area contributed by atoms with Gasteiger partial charge in [-0.15, -0.1) is 0 Å². The van der Waals surface area contributed by atoms with Crippen LogP contribution in [0.25, 0.3) is 0 Å². The summed E-state index contributed by atoms with van der Waals surface area (Å²) in [5.74, 6) is 0.779. The van der Waals surface area contributed by atoms with E-state index in [2.05, 4.69) is 35.4 Å². The normalized spacial score (nSPS) is 27.6. The van der Waals surface area contributed by atoms with E-state index in [4.69, 9.17) is 0 Å². The molecule has 0 radical (unpaired) electrons. The molecule has 1 aliphatic carbocycles. The highest BCUT2D eigenvalue weighted by Crippen LogP contribution is 2.21. The summed E-state index contributed by atoms with van der Waals surface area (Å²) in [6, 6.07) is 0. The molecule has 1 saturated heterocycles. The quantitative estimate of drug-likeness (QED) is 0.717. The zero-order valence-electron chi connectivity index (χ0n) is 9.00. The molecule has 2 rings (SSSR count). The number of piperazine rings is 1. The van der Waals surface area contributed by atoms with Crippen molar-refractivity contribution in [2.75, 3.05) is 26.2 Å². The van der Waals surface area contributed by atoms with Crippen LogP contribution in [0.3, 0.4) is 0 Å². The number of hydrogen-bond donors (Lipinski definition) is 1. The van der Waals surface area contributed by atoms with Crippen LogP contribution >= 0.6 is 0 Å². The van der Waals surface area contributed by atoms with Crippen molar-refractivity contribution in [3.63, 3.8) is 0 Å². The average Bonchev–Trinajstić information content (AvgIpc) is 2.30. The highest BCUT2D eigenvalue weighted by atomic mass is 15.2. The smallest absolute Gasteiger partial charge is 0.0323 e. The lowest BCUT2D eigenvalue weighted by atomic mass is 9.96. The Kier molecular flexibility index (Phi) is 3.25. The van der Waals surface area contributed by atoms with Crippen molar-refractivity contribution in [2.24, 2.45) is 5.92 Å². The first-order valence-electron chi connectivity index (χ1n) is 5.74. The summed E-state index contributed by atoms with van der Waals surface area (Å²) in [4.78, 5) is 2.48. The Labute approximate surface area is 86.7 Å². The van der Waals surface area contributed by atoms with Gasteiger partial charge in [0.05, 0.1) is 0 Å². The van der Waals surface area contributed by atoms with Crippen LogP contribution in [0.2, 0.25) is 0 Å². The van der Waals surface area contributed by atoms with E-state index >= 15 is 0 Å². The molecular weight excluding hydrogens is 172 g/mol. The maximum atomic E-state index is 3.38. The third kappa shape index (κ3) is 2.18. The van der Waals surface area contributed by atoms with Gasteiger partial charge in [-0.25, -0.2) is 0 Å². The van der Waals surface area contributed by atoms with E-state index in [0.717, 1.165) is 32.1 Å². The Bertz CT molecular complexity index is 237. The van der Waals surface area contributed by atoms with Crippen LogP contribution in [-0.4, -0.2) is 31.1 Å². The van der Waals surface area contributed by atoms with Gasteiger partial charge in [0.2, 0.25) is 0 Å². The van der Waals surface area contributed by atoms with Gasteiger partial charge < -0.3 is 10.2 Å². The van der Waals surface area contributed by atoms with E-state index < -0.39 is 0 Å². The maximum Gasteiger partial charge on any atom is 0.0323 e. The monoisotopic (exact) mass is 192 g/mol. The van der Waals surface area contributed by atoms with Crippen molar-refractivity contribution in [1.29, 1.82) is 0 Å². The lowest BCUT2D eigenvalue weighted by Crippen LogP contribution is -2.42. The Balaban J connectivity index is 1.92. The summed E-state index contributed by atoms with van der Waals surface area (Å²) in [7, 11) is 0. The average molecular weight is 192 g/mol. The summed E-state index contributed by atoms with van der Waals surface area (Å²) >= 11 is 0. The first-order valence-corrected chi connectivity index (χ1v) is 5.74. The molecule has 1 unspecified atom stereocenters. The van der Waals surface area contributed by atoms with Crippen LogP contribution in [0.5, 0.6) is 0 Å². The fourth-order valence-corrected chi connectivity index (χ4v) is 2.11. The second-order valence-electron chi connectivity index (χ2n) is 4.13. The number of nitrogens with one attached hydrogen (secondary N) is 1. The summed E-state index contributed by atoms with van der Waals surface area (Å²) in [5.41, 5.74) is 1.44. The lowest BCUT2D eigenvalue weighted by molar-refractivity contribution is 0.304. The molecule has 0 aromatic heterocycles. The van der Waals surface area contributed by atoms with Crippen molar-refractivity contribution < 1.29 is 0 Å². The molecule has 1 heterocycles. The fraction of sp³-hybridized carbons (Fsp3) is 0.667. The van der Waals surface area contributed by atoms with Crippen LogP contribution in [0, 0.1) is 5.92 Å². The molecule has 0 saturated carbocycles. The van der Waals surface area contributed by atoms with Crippen molar-refractivity contribution >= 4 is 0 Å². The molecule has 2 heteroatoms. The van der Waals surface area contributed by atoms with Crippen molar-refractivity contribution in [3.8, 4) is 0 Å². The standard InChI is InChI=1S/C12H20N2/c1-2-11-3-5-12(6-4-11)14-9-7-13-8-10-14/h3,5-6,11,13H,2,4,7-10H2,1H3. The van der Waals surface area contributed by atoms with E-state index in [-0.39, 0.29) is 0 Å². The minimum absolute atomic E-state index is 0.779. The first kappa shape index (κ1) is 9.78. The van der Waals surface area contributed by atoms with Crippen LogP contribution < -0.4 is 5.32 Å². The largest absolute Gasteiger partial charge is 0.369 e. The fourth-order valence-electron chi connectivity index (χ4n) is 2.11. The number of nitrogens with zero attached hydrogens (tertiary/aromatic N) is 1. The molecule has 1 atom stereocenters. The van der Waals surface area contributed by atoms with E-state index in [1.807, 2.05) is 0 Å². The third-order valence-electron chi connectivity index (χ3n) is 3.18. The SMILES string of the molecule is CCC1C=CC(N2CCNCC2)=CC1. The van der Waals surface area contributed by atoms with Crippen LogP contribution in [-0.2, 0) is 0 Å². The predicted molar refractivity (Wildman–Crippen MR) is 60.1 cm³/mol. The third-order valence-corrected chi connectivity index (χ3v) is 3.18. The zero-order valence-corrected chi connectivity index (χ0v) is 9.00. The van der Waals surface area contributed by atoms with Gasteiger partial charge in [-0.2, -0.15) is 0 Å². The van der Waals surface area contributed by atoms with E-state index in [0.29, 0.717) is 0 Å². The van der Waals surface area contributed by atoms with Crippen LogP contribution in [0.15, 0.2) is 23.9 Å². The summed E-state index contributed by atoms with van der Waals surface area (Å²) in [6.45, 7) is 6.84. The van der Waals surface area contributed by atoms with Gasteiger partial charge in [-0.1, -0.05) is 19.1 Å². The molecule has 1 fully saturated rings. The van der Waals surface area contributed by atoms with Gasteiger partial charge >= 0.3 is 0 Å². The van der Waals surface area contributed by atoms with Crippen molar-refractivity contribution in [1.82, 2.24) is 10.2 Å². The van der Waals surface area contributed by atoms with E-state index in [9.17, 15) is 0 Å². The number of rotatable bonds is 2. The summed E-state index contributed by atoms with van der Waals surface area (Å²) in [6.07, 6.45) is 9.58. The van der Waals surface area contributed by atoms with Gasteiger partial charge in [0, 0.05) is 31.9 Å². The minimum atomic E-state index is 0.779. The molecule has 0 bridgehead atoms. The summed E-state index contributed by atoms with van der Waals surface area (Å²) < 4.78 is 0. The molecule has 2 nitrogen and oxygen atoms in total. The zero-order chi connectivity index (χ0) is 9.80. The minimum Gasteiger partial charge on any atom is -0.369 e. The van der Waals surface area contributed by atoms with Crippen molar-refractivity contribution in [3.05, 3.63) is 23.9 Å². The van der Waals surface area contributed by atoms with Gasteiger partial charge in [0.1, 0.15) is 0 Å². The van der Waals surface area contributed by atoms with Gasteiger partial charge in [-0.3, -0.25) is 0 Å². The Morgan fingerprint density at radius 1 is 1.43 bits per heavy atom. The Morgan fingerprint density at radius 3 is 2.79 bits per heavy atom. The number of hydrogen-bond acceptors (Lipinski definition) is 2. The van der Waals surface area contributed by atoms with Gasteiger partial charge in [0.25, 0.3) is 0 Å². The summed E-state index contributed by atoms with van der Waals surface area (Å²) in [5, 5.41) is 3.38. The second kappa shape index (κ2) is 4.65. The molecule has 0 amide bonds. The molecular formula is C12H20N2. The molecule has 2 aliphatic rings. The van der Waals surface area contributed by atoms with Crippen molar-refractivity contribution in [2.45, 2.75) is 19.8 Å². The molecule has 0 aromatic rings. The Hall–Kier alpha value is -0.760. The van der Waals surface area contributed by atoms with Gasteiger partial charge in [-0.05, 0) is 24.8 Å². The topological polar surface area (TPSA) is 15.3 Å². The molecule has 0 aromatic carbocycles. The molecule has 1 N–H and O–H groups in total. The highest BCUT2D eigenvalue weighted by molar-refractivity contribution is 5.23. The first-order chi connectivity index (χ1) is 6.90. The van der Waals surface area contributed by atoms with Crippen LogP contribution in [0.1, 0.15) is 19.8 Å². The lowest BCUT2D eigenvalue weighted by Gasteiger charge is -2.32. The van der Waals surface area contributed by atoms with E-state index in [1.54, 1.807) is 0 Å². The molecule has 0 spiro atoms. The Morgan fingerprint density at radius 2 is 2.21 bits per heavy atom.